The van der Waals surface area contributed by atoms with Gasteiger partial charge < -0.3 is 19.8 Å². The van der Waals surface area contributed by atoms with Crippen LogP contribution in [0.5, 0.6) is 5.75 Å². The Bertz CT molecular complexity index is 926. The highest BCUT2D eigenvalue weighted by Gasteiger charge is 2.18. The SMILES string of the molecule is CC(Cc1c[nH]c2c(OCc3ccccc3)cccc12)NC(=O)OC(C)(C)C. The van der Waals surface area contributed by atoms with Crippen LogP contribution in [-0.4, -0.2) is 22.7 Å². The molecule has 1 unspecified atom stereocenters. The summed E-state index contributed by atoms with van der Waals surface area (Å²) in [6.07, 6.45) is 2.28. The number of fused-ring (bicyclic) bond motifs is 1. The van der Waals surface area contributed by atoms with Gasteiger partial charge in [0.1, 0.15) is 18.0 Å². The molecule has 0 aliphatic rings. The molecule has 3 aromatic rings. The van der Waals surface area contributed by atoms with Gasteiger partial charge in [0.05, 0.1) is 5.52 Å². The van der Waals surface area contributed by atoms with Gasteiger partial charge in [0.2, 0.25) is 0 Å². The number of rotatable bonds is 6. The third-order valence-corrected chi connectivity index (χ3v) is 4.29. The molecule has 0 bridgehead atoms. The van der Waals surface area contributed by atoms with Crippen LogP contribution in [-0.2, 0) is 17.8 Å². The Morgan fingerprint density at radius 3 is 2.57 bits per heavy atom. The van der Waals surface area contributed by atoms with E-state index in [-0.39, 0.29) is 6.04 Å². The lowest BCUT2D eigenvalue weighted by Gasteiger charge is -2.21. The number of hydrogen-bond donors (Lipinski definition) is 2. The molecule has 0 aliphatic carbocycles. The molecular weight excluding hydrogens is 352 g/mol. The van der Waals surface area contributed by atoms with Crippen molar-refractivity contribution in [2.45, 2.75) is 52.4 Å². The number of benzene rings is 2. The van der Waals surface area contributed by atoms with Gasteiger partial charge in [-0.1, -0.05) is 42.5 Å². The maximum absolute atomic E-state index is 12.0. The molecule has 0 saturated carbocycles. The molecule has 148 valence electrons. The largest absolute Gasteiger partial charge is 0.487 e. The molecule has 2 aromatic carbocycles. The molecule has 0 saturated heterocycles. The van der Waals surface area contributed by atoms with E-state index in [0.29, 0.717) is 13.0 Å². The zero-order chi connectivity index (χ0) is 20.1. The topological polar surface area (TPSA) is 63.3 Å². The quantitative estimate of drug-likeness (QED) is 0.617. The van der Waals surface area contributed by atoms with E-state index in [1.807, 2.05) is 76.4 Å². The monoisotopic (exact) mass is 380 g/mol. The number of H-pyrrole nitrogens is 1. The summed E-state index contributed by atoms with van der Waals surface area (Å²) in [7, 11) is 0. The first kappa shape index (κ1) is 19.8. The van der Waals surface area contributed by atoms with Gasteiger partial charge in [0.25, 0.3) is 0 Å². The third-order valence-electron chi connectivity index (χ3n) is 4.29. The van der Waals surface area contributed by atoms with E-state index in [1.54, 1.807) is 0 Å². The molecular formula is C23H28N2O3. The Morgan fingerprint density at radius 2 is 1.86 bits per heavy atom. The van der Waals surface area contributed by atoms with Crippen LogP contribution < -0.4 is 10.1 Å². The second kappa shape index (κ2) is 8.38. The summed E-state index contributed by atoms with van der Waals surface area (Å²) in [4.78, 5) is 15.3. The average Bonchev–Trinajstić information content (AvgIpc) is 3.02. The molecule has 1 aromatic heterocycles. The number of ether oxygens (including phenoxy) is 2. The highest BCUT2D eigenvalue weighted by Crippen LogP contribution is 2.28. The minimum absolute atomic E-state index is 0.0530. The molecule has 0 fully saturated rings. The summed E-state index contributed by atoms with van der Waals surface area (Å²) in [5, 5.41) is 3.99. The number of aromatic nitrogens is 1. The fraction of sp³-hybridized carbons (Fsp3) is 0.348. The first-order valence-electron chi connectivity index (χ1n) is 9.57. The van der Waals surface area contributed by atoms with Crippen LogP contribution in [0, 0.1) is 0 Å². The molecule has 1 atom stereocenters. The van der Waals surface area contributed by atoms with Crippen molar-refractivity contribution < 1.29 is 14.3 Å². The number of carbonyl (C=O) groups is 1. The average molecular weight is 380 g/mol. The summed E-state index contributed by atoms with van der Waals surface area (Å²) < 4.78 is 11.4. The van der Waals surface area contributed by atoms with E-state index in [2.05, 4.69) is 16.4 Å². The normalized spacial score (nSPS) is 12.6. The van der Waals surface area contributed by atoms with Crippen molar-refractivity contribution in [1.82, 2.24) is 10.3 Å². The molecule has 28 heavy (non-hydrogen) atoms. The van der Waals surface area contributed by atoms with Gasteiger partial charge in [-0.25, -0.2) is 4.79 Å². The van der Waals surface area contributed by atoms with E-state index in [0.717, 1.165) is 27.8 Å². The van der Waals surface area contributed by atoms with Crippen molar-refractivity contribution >= 4 is 17.0 Å². The van der Waals surface area contributed by atoms with E-state index >= 15 is 0 Å². The first-order valence-corrected chi connectivity index (χ1v) is 9.57. The smallest absolute Gasteiger partial charge is 0.407 e. The fourth-order valence-electron chi connectivity index (χ4n) is 3.10. The van der Waals surface area contributed by atoms with Crippen LogP contribution in [0.3, 0.4) is 0 Å². The molecule has 2 N–H and O–H groups in total. The van der Waals surface area contributed by atoms with Crippen molar-refractivity contribution in [2.75, 3.05) is 0 Å². The minimum Gasteiger partial charge on any atom is -0.487 e. The van der Waals surface area contributed by atoms with Crippen LogP contribution in [0.15, 0.2) is 54.7 Å². The summed E-state index contributed by atoms with van der Waals surface area (Å²) in [6.45, 7) is 8.05. The van der Waals surface area contributed by atoms with Crippen LogP contribution in [0.25, 0.3) is 10.9 Å². The molecule has 0 spiro atoms. The predicted molar refractivity (Wildman–Crippen MR) is 112 cm³/mol. The highest BCUT2D eigenvalue weighted by atomic mass is 16.6. The number of para-hydroxylation sites is 1. The Morgan fingerprint density at radius 1 is 1.11 bits per heavy atom. The van der Waals surface area contributed by atoms with Gasteiger partial charge in [-0.15, -0.1) is 0 Å². The number of alkyl carbamates (subject to hydrolysis) is 1. The molecule has 0 radical (unpaired) electrons. The summed E-state index contributed by atoms with van der Waals surface area (Å²) in [6, 6.07) is 16.1. The van der Waals surface area contributed by atoms with Crippen molar-refractivity contribution in [1.29, 1.82) is 0 Å². The molecule has 0 aliphatic heterocycles. The molecule has 3 rings (SSSR count). The summed E-state index contributed by atoms with van der Waals surface area (Å²) in [5.41, 5.74) is 2.72. The van der Waals surface area contributed by atoms with Gasteiger partial charge in [-0.3, -0.25) is 0 Å². The lowest BCUT2D eigenvalue weighted by atomic mass is 10.1. The fourth-order valence-corrected chi connectivity index (χ4v) is 3.10. The zero-order valence-corrected chi connectivity index (χ0v) is 16.9. The Hall–Kier alpha value is -2.95. The maximum Gasteiger partial charge on any atom is 0.407 e. The number of amides is 1. The van der Waals surface area contributed by atoms with Crippen molar-refractivity contribution in [3.05, 3.63) is 65.9 Å². The lowest BCUT2D eigenvalue weighted by Crippen LogP contribution is -2.38. The van der Waals surface area contributed by atoms with Crippen LogP contribution in [0.4, 0.5) is 4.79 Å². The van der Waals surface area contributed by atoms with Crippen molar-refractivity contribution in [3.63, 3.8) is 0 Å². The first-order chi connectivity index (χ1) is 13.3. The van der Waals surface area contributed by atoms with Crippen LogP contribution in [0.2, 0.25) is 0 Å². The molecule has 5 nitrogen and oxygen atoms in total. The minimum atomic E-state index is -0.504. The van der Waals surface area contributed by atoms with Crippen molar-refractivity contribution in [3.8, 4) is 5.75 Å². The van der Waals surface area contributed by atoms with Gasteiger partial charge in [-0.2, -0.15) is 0 Å². The number of aromatic amines is 1. The predicted octanol–water partition coefficient (Wildman–Crippen LogP) is 5.20. The Balaban J connectivity index is 1.67. The Labute approximate surface area is 166 Å². The lowest BCUT2D eigenvalue weighted by molar-refractivity contribution is 0.0508. The van der Waals surface area contributed by atoms with Crippen molar-refractivity contribution in [2.24, 2.45) is 0 Å². The van der Waals surface area contributed by atoms with E-state index < -0.39 is 11.7 Å². The second-order valence-corrected chi connectivity index (χ2v) is 8.02. The van der Waals surface area contributed by atoms with Gasteiger partial charge >= 0.3 is 6.09 Å². The van der Waals surface area contributed by atoms with E-state index in [4.69, 9.17) is 9.47 Å². The third kappa shape index (κ3) is 5.28. The standard InChI is InChI=1S/C23H28N2O3/c1-16(25-22(26)28-23(2,3)4)13-18-14-24-21-19(18)11-8-12-20(21)27-15-17-9-6-5-7-10-17/h5-12,14,16,24H,13,15H2,1-4H3,(H,25,26). The van der Waals surface area contributed by atoms with E-state index in [9.17, 15) is 4.79 Å². The highest BCUT2D eigenvalue weighted by molar-refractivity contribution is 5.88. The molecule has 5 heteroatoms. The Kier molecular flexibility index (Phi) is 5.93. The summed E-state index contributed by atoms with van der Waals surface area (Å²) in [5.74, 6) is 0.820. The van der Waals surface area contributed by atoms with Gasteiger partial charge in [0, 0.05) is 17.6 Å². The maximum atomic E-state index is 12.0. The van der Waals surface area contributed by atoms with Gasteiger partial charge in [0.15, 0.2) is 0 Å². The van der Waals surface area contributed by atoms with E-state index in [1.165, 1.54) is 0 Å². The van der Waals surface area contributed by atoms with Crippen LogP contribution in [0.1, 0.15) is 38.8 Å². The number of carbonyl (C=O) groups excluding carboxylic acids is 1. The number of hydrogen-bond acceptors (Lipinski definition) is 3. The molecule has 1 heterocycles. The van der Waals surface area contributed by atoms with Gasteiger partial charge in [-0.05, 0) is 51.3 Å². The zero-order valence-electron chi connectivity index (χ0n) is 16.9. The molecule has 1 amide bonds. The second-order valence-electron chi connectivity index (χ2n) is 8.02. The summed E-state index contributed by atoms with van der Waals surface area (Å²) >= 11 is 0. The van der Waals surface area contributed by atoms with Crippen LogP contribution >= 0.6 is 0 Å². The number of nitrogens with one attached hydrogen (secondary N) is 2.